The zero-order valence-electron chi connectivity index (χ0n) is 26.3. The van der Waals surface area contributed by atoms with Crippen molar-refractivity contribution in [3.05, 3.63) is 82.1 Å². The Kier molecular flexibility index (Phi) is 9.02. The summed E-state index contributed by atoms with van der Waals surface area (Å²) in [5, 5.41) is 8.09. The molecule has 0 N–H and O–H groups in total. The SMILES string of the molecule is C[C@H]1CCCN(CCCCC(c2cc(C(F)(F)F)c3cn(-c4cccc(C5(Cc6nncn6C)COC5)c4)c(=O)n3c2)C(F)(F)F)C1. The summed E-state index contributed by atoms with van der Waals surface area (Å²) in [5.41, 5.74) is -2.68. The molecule has 1 aromatic carbocycles. The second kappa shape index (κ2) is 12.8. The van der Waals surface area contributed by atoms with Gasteiger partial charge in [0.15, 0.2) is 0 Å². The Morgan fingerprint density at radius 1 is 1.09 bits per heavy atom. The van der Waals surface area contributed by atoms with Gasteiger partial charge >= 0.3 is 18.0 Å². The monoisotopic (exact) mass is 664 g/mol. The Balaban J connectivity index is 1.32. The van der Waals surface area contributed by atoms with Crippen LogP contribution in [0.3, 0.4) is 0 Å². The number of rotatable bonds is 10. The van der Waals surface area contributed by atoms with Crippen molar-refractivity contribution in [1.29, 1.82) is 0 Å². The Morgan fingerprint density at radius 3 is 2.51 bits per heavy atom. The van der Waals surface area contributed by atoms with Crippen molar-refractivity contribution < 1.29 is 31.1 Å². The first-order chi connectivity index (χ1) is 22.2. The van der Waals surface area contributed by atoms with Gasteiger partial charge in [0.2, 0.25) is 0 Å². The van der Waals surface area contributed by atoms with Gasteiger partial charge < -0.3 is 14.2 Å². The predicted molar refractivity (Wildman–Crippen MR) is 163 cm³/mol. The van der Waals surface area contributed by atoms with Gasteiger partial charge in [0.05, 0.1) is 35.9 Å². The minimum atomic E-state index is -4.99. The van der Waals surface area contributed by atoms with Gasteiger partial charge in [0, 0.05) is 37.8 Å². The summed E-state index contributed by atoms with van der Waals surface area (Å²) < 4.78 is 95.4. The normalized spacial score (nSPS) is 19.6. The highest BCUT2D eigenvalue weighted by atomic mass is 19.4. The summed E-state index contributed by atoms with van der Waals surface area (Å²) in [6, 6.07) is 7.38. The Hall–Kier alpha value is -3.65. The molecule has 2 atom stereocenters. The van der Waals surface area contributed by atoms with Crippen molar-refractivity contribution in [2.75, 3.05) is 32.8 Å². The number of fused-ring (bicyclic) bond motifs is 1. The van der Waals surface area contributed by atoms with Crippen LogP contribution in [-0.2, 0) is 29.8 Å². The zero-order chi connectivity index (χ0) is 33.6. The number of aromatic nitrogens is 5. The van der Waals surface area contributed by atoms with Crippen LogP contribution in [0.4, 0.5) is 26.3 Å². The van der Waals surface area contributed by atoms with E-state index in [4.69, 9.17) is 4.74 Å². The molecule has 2 fully saturated rings. The molecule has 47 heavy (non-hydrogen) atoms. The molecule has 0 bridgehead atoms. The minimum absolute atomic E-state index is 0.191. The van der Waals surface area contributed by atoms with Gasteiger partial charge in [0.1, 0.15) is 12.2 Å². The molecule has 4 aromatic rings. The topological polar surface area (TPSA) is 69.6 Å². The minimum Gasteiger partial charge on any atom is -0.379 e. The van der Waals surface area contributed by atoms with Crippen LogP contribution in [0.2, 0.25) is 0 Å². The molecule has 254 valence electrons. The molecule has 5 heterocycles. The number of nitrogens with zero attached hydrogens (tertiary/aromatic N) is 6. The molecule has 14 heteroatoms. The van der Waals surface area contributed by atoms with Gasteiger partial charge in [-0.05, 0) is 74.0 Å². The summed E-state index contributed by atoms with van der Waals surface area (Å²) in [4.78, 5) is 15.9. The maximum absolute atomic E-state index is 14.4. The van der Waals surface area contributed by atoms with Crippen LogP contribution in [-0.4, -0.2) is 67.7 Å². The van der Waals surface area contributed by atoms with E-state index in [2.05, 4.69) is 22.0 Å². The van der Waals surface area contributed by atoms with Crippen LogP contribution in [0.1, 0.15) is 67.5 Å². The van der Waals surface area contributed by atoms with E-state index in [9.17, 15) is 31.1 Å². The van der Waals surface area contributed by atoms with E-state index < -0.39 is 46.0 Å². The van der Waals surface area contributed by atoms with Crippen LogP contribution in [0.25, 0.3) is 11.2 Å². The number of likely N-dealkylation sites (tertiary alicyclic amines) is 1. The van der Waals surface area contributed by atoms with Gasteiger partial charge in [-0.3, -0.25) is 8.97 Å². The standard InChI is InChI=1S/C33H38F6N6O2/c1-22-7-6-12-43(16-22)11-4-3-10-26(32(34,35)36)23-13-27(33(37,38)39)28-18-44(30(46)45(28)17-23)25-9-5-8-24(14-25)31(19-47-20-31)15-29-41-40-21-42(29)2/h5,8-9,13-14,17-18,21-22,26H,3-4,6-7,10-12,15-16,19-20H2,1-2H3/t22-,26?/m0/s1. The smallest absolute Gasteiger partial charge is 0.379 e. The quantitative estimate of drug-likeness (QED) is 0.147. The molecular formula is C33H38F6N6O2. The summed E-state index contributed by atoms with van der Waals surface area (Å²) in [5.74, 6) is -0.899. The fourth-order valence-electron chi connectivity index (χ4n) is 6.98. The second-order valence-electron chi connectivity index (χ2n) is 13.2. The molecule has 2 saturated heterocycles. The number of ether oxygens (including phenoxy) is 1. The Labute approximate surface area is 268 Å². The molecule has 2 aliphatic heterocycles. The first-order valence-electron chi connectivity index (χ1n) is 15.9. The Bertz CT molecular complexity index is 1770. The van der Waals surface area contributed by atoms with Gasteiger partial charge in [-0.15, -0.1) is 10.2 Å². The van der Waals surface area contributed by atoms with E-state index in [-0.39, 0.29) is 18.5 Å². The van der Waals surface area contributed by atoms with Gasteiger partial charge in [-0.25, -0.2) is 4.79 Å². The number of hydrogen-bond acceptors (Lipinski definition) is 5. The maximum Gasteiger partial charge on any atom is 0.418 e. The van der Waals surface area contributed by atoms with E-state index in [1.165, 1.54) is 0 Å². The molecule has 1 unspecified atom stereocenters. The number of aryl methyl sites for hydroxylation is 1. The number of piperidine rings is 1. The van der Waals surface area contributed by atoms with Crippen LogP contribution in [0.5, 0.6) is 0 Å². The predicted octanol–water partition coefficient (Wildman–Crippen LogP) is 6.30. The van der Waals surface area contributed by atoms with Crippen molar-refractivity contribution in [3.8, 4) is 5.69 Å². The number of halogens is 6. The third-order valence-corrected chi connectivity index (χ3v) is 9.64. The van der Waals surface area contributed by atoms with Crippen LogP contribution in [0.15, 0.2) is 53.8 Å². The van der Waals surface area contributed by atoms with Gasteiger partial charge in [-0.1, -0.05) is 25.5 Å². The van der Waals surface area contributed by atoms with Crippen molar-refractivity contribution >= 4 is 5.52 Å². The highest BCUT2D eigenvalue weighted by Crippen LogP contribution is 2.42. The molecule has 0 saturated carbocycles. The molecule has 3 aromatic heterocycles. The van der Waals surface area contributed by atoms with Crippen LogP contribution < -0.4 is 5.69 Å². The highest BCUT2D eigenvalue weighted by Gasteiger charge is 2.44. The van der Waals surface area contributed by atoms with E-state index in [0.717, 1.165) is 48.5 Å². The number of hydrogen-bond donors (Lipinski definition) is 0. The molecule has 8 nitrogen and oxygen atoms in total. The summed E-state index contributed by atoms with van der Waals surface area (Å²) in [7, 11) is 1.82. The van der Waals surface area contributed by atoms with E-state index in [1.54, 1.807) is 29.1 Å². The lowest BCUT2D eigenvalue weighted by Crippen LogP contribution is -2.49. The van der Waals surface area contributed by atoms with Crippen molar-refractivity contribution in [2.24, 2.45) is 13.0 Å². The summed E-state index contributed by atoms with van der Waals surface area (Å²) >= 11 is 0. The average molecular weight is 665 g/mol. The molecule has 0 aliphatic carbocycles. The maximum atomic E-state index is 14.4. The van der Waals surface area contributed by atoms with Crippen molar-refractivity contribution in [1.82, 2.24) is 28.6 Å². The molecule has 0 radical (unpaired) electrons. The van der Waals surface area contributed by atoms with E-state index in [1.807, 2.05) is 13.1 Å². The first kappa shape index (κ1) is 33.3. The Morgan fingerprint density at radius 2 is 1.87 bits per heavy atom. The van der Waals surface area contributed by atoms with E-state index >= 15 is 0 Å². The second-order valence-corrected chi connectivity index (χ2v) is 13.2. The number of benzene rings is 1. The largest absolute Gasteiger partial charge is 0.418 e. The third kappa shape index (κ3) is 6.85. The highest BCUT2D eigenvalue weighted by molar-refractivity contribution is 5.58. The van der Waals surface area contributed by atoms with Crippen LogP contribution >= 0.6 is 0 Å². The zero-order valence-corrected chi connectivity index (χ0v) is 26.3. The fourth-order valence-corrected chi connectivity index (χ4v) is 6.98. The molecular weight excluding hydrogens is 626 g/mol. The lowest BCUT2D eigenvalue weighted by atomic mass is 9.75. The lowest BCUT2D eigenvalue weighted by molar-refractivity contribution is -0.153. The van der Waals surface area contributed by atoms with Gasteiger partial charge in [0.25, 0.3) is 0 Å². The number of alkyl halides is 6. The average Bonchev–Trinajstić information content (AvgIpc) is 3.55. The fraction of sp³-hybridized carbons (Fsp3) is 0.545. The number of pyridine rings is 1. The summed E-state index contributed by atoms with van der Waals surface area (Å²) in [6.45, 7) is 5.33. The van der Waals surface area contributed by atoms with Gasteiger partial charge in [-0.2, -0.15) is 26.3 Å². The van der Waals surface area contributed by atoms with Crippen molar-refractivity contribution in [3.63, 3.8) is 0 Å². The van der Waals surface area contributed by atoms with Crippen LogP contribution in [0, 0.1) is 5.92 Å². The number of unbranched alkanes of at least 4 members (excludes halogenated alkanes) is 1. The third-order valence-electron chi connectivity index (χ3n) is 9.64. The first-order valence-corrected chi connectivity index (χ1v) is 15.9. The van der Waals surface area contributed by atoms with E-state index in [0.29, 0.717) is 54.8 Å². The molecule has 0 spiro atoms. The number of imidazole rings is 1. The molecule has 0 amide bonds. The lowest BCUT2D eigenvalue weighted by Gasteiger charge is -2.41. The summed E-state index contributed by atoms with van der Waals surface area (Å²) in [6.07, 6.45) is -3.26. The molecule has 2 aliphatic rings. The molecule has 6 rings (SSSR count). The van der Waals surface area contributed by atoms with Crippen molar-refractivity contribution in [2.45, 2.75) is 69.1 Å².